The third-order valence-corrected chi connectivity index (χ3v) is 2.56. The molecule has 0 radical (unpaired) electrons. The Labute approximate surface area is 112 Å². The summed E-state index contributed by atoms with van der Waals surface area (Å²) < 4.78 is 5.65. The highest BCUT2D eigenvalue weighted by Crippen LogP contribution is 2.23. The van der Waals surface area contributed by atoms with Crippen molar-refractivity contribution >= 4 is 5.82 Å². The van der Waals surface area contributed by atoms with Crippen molar-refractivity contribution in [2.75, 3.05) is 5.73 Å². The van der Waals surface area contributed by atoms with E-state index in [0.717, 1.165) is 5.56 Å². The number of nitrogen functional groups attached to an aromatic ring is 1. The van der Waals surface area contributed by atoms with Crippen molar-refractivity contribution in [2.24, 2.45) is 0 Å². The predicted molar refractivity (Wildman–Crippen MR) is 73.0 cm³/mol. The minimum atomic E-state index is -0.0274. The van der Waals surface area contributed by atoms with Crippen molar-refractivity contribution < 1.29 is 9.84 Å². The van der Waals surface area contributed by atoms with Crippen molar-refractivity contribution in [2.45, 2.75) is 26.4 Å². The van der Waals surface area contributed by atoms with E-state index in [9.17, 15) is 0 Å². The molecule has 0 aliphatic heterocycles. The number of aliphatic hydroxyl groups is 1. The van der Waals surface area contributed by atoms with E-state index < -0.39 is 0 Å². The monoisotopic (exact) mass is 259 g/mol. The van der Waals surface area contributed by atoms with Crippen LogP contribution in [0.5, 0.6) is 11.6 Å². The largest absolute Gasteiger partial charge is 0.439 e. The van der Waals surface area contributed by atoms with Crippen molar-refractivity contribution in [3.05, 3.63) is 41.7 Å². The summed E-state index contributed by atoms with van der Waals surface area (Å²) in [5, 5.41) is 9.09. The van der Waals surface area contributed by atoms with Crippen LogP contribution < -0.4 is 10.5 Å². The summed E-state index contributed by atoms with van der Waals surface area (Å²) in [5.74, 6) is 2.22. The smallest absolute Gasteiger partial charge is 0.224 e. The van der Waals surface area contributed by atoms with Gasteiger partial charge in [0.15, 0.2) is 0 Å². The van der Waals surface area contributed by atoms with Crippen LogP contribution in [0.4, 0.5) is 5.82 Å². The lowest BCUT2D eigenvalue weighted by molar-refractivity contribution is 0.281. The van der Waals surface area contributed by atoms with E-state index in [4.69, 9.17) is 15.6 Å². The molecule has 1 heterocycles. The molecule has 100 valence electrons. The van der Waals surface area contributed by atoms with Crippen LogP contribution >= 0.6 is 0 Å². The van der Waals surface area contributed by atoms with Gasteiger partial charge in [0.2, 0.25) is 5.88 Å². The first-order chi connectivity index (χ1) is 9.08. The van der Waals surface area contributed by atoms with Gasteiger partial charge in [-0.05, 0) is 17.7 Å². The first-order valence-corrected chi connectivity index (χ1v) is 6.10. The van der Waals surface area contributed by atoms with Gasteiger partial charge in [-0.25, -0.2) is 4.98 Å². The number of aromatic nitrogens is 2. The van der Waals surface area contributed by atoms with Crippen LogP contribution in [0.15, 0.2) is 30.3 Å². The van der Waals surface area contributed by atoms with Crippen LogP contribution in [0.25, 0.3) is 0 Å². The molecule has 0 aliphatic rings. The Bertz CT molecular complexity index is 570. The summed E-state index contributed by atoms with van der Waals surface area (Å²) in [7, 11) is 0. The quantitative estimate of drug-likeness (QED) is 0.881. The second-order valence-electron chi connectivity index (χ2n) is 4.55. The molecule has 0 amide bonds. The first kappa shape index (κ1) is 13.3. The second kappa shape index (κ2) is 5.67. The fraction of sp³-hybridized carbons (Fsp3) is 0.286. The van der Waals surface area contributed by atoms with Gasteiger partial charge >= 0.3 is 0 Å². The number of hydrogen-bond donors (Lipinski definition) is 2. The molecule has 0 bridgehead atoms. The van der Waals surface area contributed by atoms with E-state index in [1.807, 2.05) is 26.0 Å². The van der Waals surface area contributed by atoms with Crippen LogP contribution in [0, 0.1) is 0 Å². The Balaban J connectivity index is 2.27. The van der Waals surface area contributed by atoms with E-state index in [1.165, 1.54) is 0 Å². The van der Waals surface area contributed by atoms with E-state index in [1.54, 1.807) is 18.2 Å². The van der Waals surface area contributed by atoms with Crippen molar-refractivity contribution in [3.8, 4) is 11.6 Å². The molecule has 5 nitrogen and oxygen atoms in total. The SMILES string of the molecule is CC(C)c1nc(N)cc(Oc2cccc(CO)c2)n1. The molecular formula is C14H17N3O2. The molecule has 0 spiro atoms. The van der Waals surface area contributed by atoms with Crippen molar-refractivity contribution in [1.29, 1.82) is 0 Å². The van der Waals surface area contributed by atoms with Gasteiger partial charge in [-0.3, -0.25) is 0 Å². The lowest BCUT2D eigenvalue weighted by atomic mass is 10.2. The summed E-state index contributed by atoms with van der Waals surface area (Å²) in [6, 6.07) is 8.77. The summed E-state index contributed by atoms with van der Waals surface area (Å²) in [6.07, 6.45) is 0. The van der Waals surface area contributed by atoms with Gasteiger partial charge in [0.05, 0.1) is 6.61 Å². The molecule has 0 saturated heterocycles. The van der Waals surface area contributed by atoms with Crippen LogP contribution in [0.2, 0.25) is 0 Å². The highest BCUT2D eigenvalue weighted by Gasteiger charge is 2.08. The minimum Gasteiger partial charge on any atom is -0.439 e. The molecule has 1 aromatic carbocycles. The number of nitrogens with two attached hydrogens (primary N) is 1. The van der Waals surface area contributed by atoms with Crippen molar-refractivity contribution in [3.63, 3.8) is 0 Å². The van der Waals surface area contributed by atoms with E-state index in [-0.39, 0.29) is 12.5 Å². The molecule has 1 aromatic heterocycles. The number of hydrogen-bond acceptors (Lipinski definition) is 5. The maximum atomic E-state index is 9.09. The summed E-state index contributed by atoms with van der Waals surface area (Å²) in [5.41, 5.74) is 6.52. The normalized spacial score (nSPS) is 10.7. The van der Waals surface area contributed by atoms with Crippen LogP contribution in [-0.4, -0.2) is 15.1 Å². The average molecular weight is 259 g/mol. The standard InChI is InChI=1S/C14H17N3O2/c1-9(2)14-16-12(15)7-13(17-14)19-11-5-3-4-10(6-11)8-18/h3-7,9,18H,8H2,1-2H3,(H2,15,16,17). The summed E-state index contributed by atoms with van der Waals surface area (Å²) in [6.45, 7) is 3.95. The number of nitrogens with zero attached hydrogens (tertiary/aromatic N) is 2. The van der Waals surface area contributed by atoms with Crippen LogP contribution in [0.3, 0.4) is 0 Å². The number of benzene rings is 1. The molecule has 0 fully saturated rings. The molecular weight excluding hydrogens is 242 g/mol. The zero-order valence-electron chi connectivity index (χ0n) is 11.0. The van der Waals surface area contributed by atoms with Gasteiger partial charge in [0.25, 0.3) is 0 Å². The summed E-state index contributed by atoms with van der Waals surface area (Å²) in [4.78, 5) is 8.46. The maximum Gasteiger partial charge on any atom is 0.224 e. The Morgan fingerprint density at radius 3 is 2.74 bits per heavy atom. The van der Waals surface area contributed by atoms with Gasteiger partial charge in [0, 0.05) is 12.0 Å². The second-order valence-corrected chi connectivity index (χ2v) is 4.55. The van der Waals surface area contributed by atoms with E-state index in [2.05, 4.69) is 9.97 Å². The molecule has 19 heavy (non-hydrogen) atoms. The van der Waals surface area contributed by atoms with E-state index in [0.29, 0.717) is 23.3 Å². The Hall–Kier alpha value is -2.14. The Kier molecular flexibility index (Phi) is 3.97. The molecule has 0 aliphatic carbocycles. The highest BCUT2D eigenvalue weighted by atomic mass is 16.5. The Morgan fingerprint density at radius 2 is 2.05 bits per heavy atom. The van der Waals surface area contributed by atoms with Gasteiger partial charge in [-0.2, -0.15) is 4.98 Å². The minimum absolute atomic E-state index is 0.0274. The number of anilines is 1. The third-order valence-electron chi connectivity index (χ3n) is 2.56. The highest BCUT2D eigenvalue weighted by molar-refractivity contribution is 5.37. The molecule has 3 N–H and O–H groups in total. The average Bonchev–Trinajstić information content (AvgIpc) is 2.38. The third kappa shape index (κ3) is 3.42. The molecule has 0 saturated carbocycles. The molecule has 2 rings (SSSR count). The molecule has 2 aromatic rings. The summed E-state index contributed by atoms with van der Waals surface area (Å²) >= 11 is 0. The fourth-order valence-corrected chi connectivity index (χ4v) is 1.60. The first-order valence-electron chi connectivity index (χ1n) is 6.10. The van der Waals surface area contributed by atoms with Gasteiger partial charge in [0.1, 0.15) is 17.4 Å². The van der Waals surface area contributed by atoms with Gasteiger partial charge < -0.3 is 15.6 Å². The number of rotatable bonds is 4. The van der Waals surface area contributed by atoms with Crippen LogP contribution in [-0.2, 0) is 6.61 Å². The van der Waals surface area contributed by atoms with Gasteiger partial charge in [-0.1, -0.05) is 26.0 Å². The molecule has 5 heteroatoms. The molecule has 0 unspecified atom stereocenters. The fourth-order valence-electron chi connectivity index (χ4n) is 1.60. The maximum absolute atomic E-state index is 9.09. The molecule has 0 atom stereocenters. The number of ether oxygens (including phenoxy) is 1. The number of aliphatic hydroxyl groups excluding tert-OH is 1. The van der Waals surface area contributed by atoms with E-state index >= 15 is 0 Å². The predicted octanol–water partition coefficient (Wildman–Crippen LogP) is 2.47. The van der Waals surface area contributed by atoms with Crippen LogP contribution in [0.1, 0.15) is 31.2 Å². The topological polar surface area (TPSA) is 81.3 Å². The van der Waals surface area contributed by atoms with Gasteiger partial charge in [-0.15, -0.1) is 0 Å². The zero-order valence-corrected chi connectivity index (χ0v) is 11.0. The Morgan fingerprint density at radius 1 is 1.26 bits per heavy atom. The van der Waals surface area contributed by atoms with Crippen molar-refractivity contribution in [1.82, 2.24) is 9.97 Å². The zero-order chi connectivity index (χ0) is 13.8. The lowest BCUT2D eigenvalue weighted by Gasteiger charge is -2.09. The lowest BCUT2D eigenvalue weighted by Crippen LogP contribution is -2.03.